The Balaban J connectivity index is 2.57. The third kappa shape index (κ3) is 5.25. The Morgan fingerprint density at radius 3 is 2.37 bits per heavy atom. The fourth-order valence-electron chi connectivity index (χ4n) is 3.22. The van der Waals surface area contributed by atoms with Gasteiger partial charge in [0.15, 0.2) is 6.29 Å². The lowest BCUT2D eigenvalue weighted by molar-refractivity contribution is -0.106. The molecule has 1 N–H and O–H groups in total. The van der Waals surface area contributed by atoms with Crippen LogP contribution in [0.1, 0.15) is 52.9 Å². The van der Waals surface area contributed by atoms with Crippen LogP contribution < -0.4 is 0 Å². The van der Waals surface area contributed by atoms with Crippen LogP contribution >= 0.6 is 0 Å². The minimum atomic E-state index is -0.271. The average molecular weight is 270 g/mol. The molecule has 1 aliphatic carbocycles. The molecular weight excluding hydrogens is 240 g/mol. The van der Waals surface area contributed by atoms with E-state index >= 15 is 0 Å². The molecule has 1 rings (SSSR count). The molecule has 0 aromatic carbocycles. The lowest BCUT2D eigenvalue weighted by Crippen LogP contribution is -2.25. The molecule has 0 spiro atoms. The molecule has 3 heteroatoms. The summed E-state index contributed by atoms with van der Waals surface area (Å²) in [5.74, 6) is 1.34. The first-order valence-corrected chi connectivity index (χ1v) is 7.40. The first kappa shape index (κ1) is 16.7. The predicted molar refractivity (Wildman–Crippen MR) is 77.9 cm³/mol. The second kappa shape index (κ2) is 8.03. The quantitative estimate of drug-likeness (QED) is 0.568. The predicted octanol–water partition coefficient (Wildman–Crippen LogP) is 3.52. The summed E-state index contributed by atoms with van der Waals surface area (Å²) in [5.41, 5.74) is 2.58. The Labute approximate surface area is 118 Å². The van der Waals surface area contributed by atoms with Crippen molar-refractivity contribution in [1.82, 2.24) is 0 Å². The summed E-state index contributed by atoms with van der Waals surface area (Å²) < 4.78 is 10.4. The normalized spacial score (nSPS) is 24.6. The number of hydrogen-bond donors (Lipinski definition) is 1. The van der Waals surface area contributed by atoms with E-state index in [-0.39, 0.29) is 12.4 Å². The van der Waals surface area contributed by atoms with Gasteiger partial charge in [-0.05, 0) is 50.0 Å². The van der Waals surface area contributed by atoms with Crippen molar-refractivity contribution in [3.05, 3.63) is 11.1 Å². The van der Waals surface area contributed by atoms with Gasteiger partial charge in [0.05, 0.1) is 6.10 Å². The van der Waals surface area contributed by atoms with E-state index < -0.39 is 0 Å². The molecule has 3 nitrogen and oxygen atoms in total. The SMILES string of the molecule is COC(CCC1=C(C)CC(CC(C)C)CC1O)OC. The number of methoxy groups -OCH3 is 2. The zero-order valence-electron chi connectivity index (χ0n) is 13.1. The molecule has 0 saturated heterocycles. The molecule has 0 fully saturated rings. The van der Waals surface area contributed by atoms with Gasteiger partial charge in [-0.25, -0.2) is 0 Å². The maximum atomic E-state index is 10.3. The van der Waals surface area contributed by atoms with Crippen molar-refractivity contribution in [3.8, 4) is 0 Å². The van der Waals surface area contributed by atoms with Crippen molar-refractivity contribution in [2.75, 3.05) is 14.2 Å². The van der Waals surface area contributed by atoms with Gasteiger partial charge in [0.2, 0.25) is 0 Å². The molecule has 1 aliphatic rings. The maximum absolute atomic E-state index is 10.3. The molecular formula is C16H30O3. The van der Waals surface area contributed by atoms with E-state index in [1.807, 2.05) is 0 Å². The van der Waals surface area contributed by atoms with Crippen LogP contribution in [0.4, 0.5) is 0 Å². The Bertz CT molecular complexity index is 292. The molecule has 2 atom stereocenters. The Kier molecular flexibility index (Phi) is 7.05. The van der Waals surface area contributed by atoms with E-state index in [1.165, 1.54) is 17.6 Å². The van der Waals surface area contributed by atoms with Crippen molar-refractivity contribution >= 4 is 0 Å². The van der Waals surface area contributed by atoms with Gasteiger partial charge in [-0.15, -0.1) is 0 Å². The van der Waals surface area contributed by atoms with Crippen LogP contribution in [0.3, 0.4) is 0 Å². The third-order valence-electron chi connectivity index (χ3n) is 4.08. The minimum Gasteiger partial charge on any atom is -0.389 e. The van der Waals surface area contributed by atoms with Crippen LogP contribution in [-0.4, -0.2) is 31.7 Å². The molecule has 0 heterocycles. The molecule has 0 aliphatic heterocycles. The lowest BCUT2D eigenvalue weighted by atomic mass is 9.78. The summed E-state index contributed by atoms with van der Waals surface area (Å²) in [5, 5.41) is 10.3. The smallest absolute Gasteiger partial charge is 0.157 e. The number of aliphatic hydroxyl groups excluding tert-OH is 1. The molecule has 112 valence electrons. The van der Waals surface area contributed by atoms with Crippen LogP contribution in [0.5, 0.6) is 0 Å². The molecule has 0 amide bonds. The fourth-order valence-corrected chi connectivity index (χ4v) is 3.22. The van der Waals surface area contributed by atoms with Crippen molar-refractivity contribution in [2.24, 2.45) is 11.8 Å². The zero-order valence-corrected chi connectivity index (χ0v) is 13.1. The van der Waals surface area contributed by atoms with Crippen molar-refractivity contribution < 1.29 is 14.6 Å². The Hall–Kier alpha value is -0.380. The first-order chi connectivity index (χ1) is 8.97. The van der Waals surface area contributed by atoms with E-state index in [0.29, 0.717) is 11.8 Å². The average Bonchev–Trinajstić information content (AvgIpc) is 2.32. The van der Waals surface area contributed by atoms with Gasteiger partial charge < -0.3 is 14.6 Å². The third-order valence-corrected chi connectivity index (χ3v) is 4.08. The fraction of sp³-hybridized carbons (Fsp3) is 0.875. The monoisotopic (exact) mass is 270 g/mol. The Morgan fingerprint density at radius 1 is 1.26 bits per heavy atom. The highest BCUT2D eigenvalue weighted by molar-refractivity contribution is 5.20. The summed E-state index contributed by atoms with van der Waals surface area (Å²) in [6.07, 6.45) is 4.50. The molecule has 0 saturated carbocycles. The lowest BCUT2D eigenvalue weighted by Gasteiger charge is -2.31. The summed E-state index contributed by atoms with van der Waals surface area (Å²) >= 11 is 0. The van der Waals surface area contributed by atoms with Crippen LogP contribution in [0.15, 0.2) is 11.1 Å². The van der Waals surface area contributed by atoms with E-state index in [9.17, 15) is 5.11 Å². The summed E-state index contributed by atoms with van der Waals surface area (Å²) in [4.78, 5) is 0. The van der Waals surface area contributed by atoms with Gasteiger partial charge in [-0.1, -0.05) is 19.4 Å². The van der Waals surface area contributed by atoms with Gasteiger partial charge in [0.25, 0.3) is 0 Å². The molecule has 0 radical (unpaired) electrons. The number of aliphatic hydroxyl groups is 1. The summed E-state index contributed by atoms with van der Waals surface area (Å²) in [7, 11) is 3.32. The van der Waals surface area contributed by atoms with Crippen LogP contribution in [0, 0.1) is 11.8 Å². The summed E-state index contributed by atoms with van der Waals surface area (Å²) in [6.45, 7) is 6.67. The van der Waals surface area contributed by atoms with Crippen LogP contribution in [0.2, 0.25) is 0 Å². The largest absolute Gasteiger partial charge is 0.389 e. The van der Waals surface area contributed by atoms with Gasteiger partial charge in [-0.3, -0.25) is 0 Å². The second-order valence-electron chi connectivity index (χ2n) is 6.20. The van der Waals surface area contributed by atoms with Crippen molar-refractivity contribution in [1.29, 1.82) is 0 Å². The maximum Gasteiger partial charge on any atom is 0.157 e. The van der Waals surface area contributed by atoms with E-state index in [2.05, 4.69) is 20.8 Å². The van der Waals surface area contributed by atoms with E-state index in [0.717, 1.165) is 25.7 Å². The number of ether oxygens (including phenoxy) is 2. The highest BCUT2D eigenvalue weighted by Crippen LogP contribution is 2.35. The van der Waals surface area contributed by atoms with Gasteiger partial charge >= 0.3 is 0 Å². The van der Waals surface area contributed by atoms with Crippen LogP contribution in [0.25, 0.3) is 0 Å². The Morgan fingerprint density at radius 2 is 1.89 bits per heavy atom. The first-order valence-electron chi connectivity index (χ1n) is 7.40. The standard InChI is InChI=1S/C16H30O3/c1-11(2)8-13-9-12(3)14(15(17)10-13)6-7-16(18-4)19-5/h11,13,15-17H,6-10H2,1-5H3. The number of rotatable bonds is 7. The highest BCUT2D eigenvalue weighted by Gasteiger charge is 2.26. The second-order valence-corrected chi connectivity index (χ2v) is 6.20. The molecule has 0 aromatic heterocycles. The van der Waals surface area contributed by atoms with E-state index in [1.54, 1.807) is 14.2 Å². The minimum absolute atomic E-state index is 0.166. The molecule has 2 unspecified atom stereocenters. The van der Waals surface area contributed by atoms with Gasteiger partial charge in [-0.2, -0.15) is 0 Å². The zero-order chi connectivity index (χ0) is 14.4. The topological polar surface area (TPSA) is 38.7 Å². The van der Waals surface area contributed by atoms with Crippen LogP contribution in [-0.2, 0) is 9.47 Å². The molecule has 0 aromatic rings. The van der Waals surface area contributed by atoms with Gasteiger partial charge in [0, 0.05) is 20.6 Å². The number of allylic oxidation sites excluding steroid dienone is 1. The van der Waals surface area contributed by atoms with Crippen molar-refractivity contribution in [2.45, 2.75) is 65.3 Å². The summed E-state index contributed by atoms with van der Waals surface area (Å²) in [6, 6.07) is 0. The number of hydrogen-bond acceptors (Lipinski definition) is 3. The molecule has 0 bridgehead atoms. The van der Waals surface area contributed by atoms with Gasteiger partial charge in [0.1, 0.15) is 0 Å². The van der Waals surface area contributed by atoms with E-state index in [4.69, 9.17) is 9.47 Å². The molecule has 19 heavy (non-hydrogen) atoms. The highest BCUT2D eigenvalue weighted by atomic mass is 16.7. The van der Waals surface area contributed by atoms with Crippen molar-refractivity contribution in [3.63, 3.8) is 0 Å².